The van der Waals surface area contributed by atoms with E-state index in [1.165, 1.54) is 6.33 Å². The third-order valence-corrected chi connectivity index (χ3v) is 5.27. The van der Waals surface area contributed by atoms with Crippen LogP contribution < -0.4 is 10.3 Å². The number of rotatable bonds is 4. The Morgan fingerprint density at radius 3 is 2.85 bits per heavy atom. The Morgan fingerprint density at radius 1 is 1.24 bits per heavy atom. The van der Waals surface area contributed by atoms with Gasteiger partial charge in [-0.3, -0.25) is 14.5 Å². The molecule has 0 spiro atoms. The Morgan fingerprint density at radius 2 is 2.06 bits per heavy atom. The Balaban J connectivity index is 1.37. The van der Waals surface area contributed by atoms with Gasteiger partial charge in [-0.1, -0.05) is 30.9 Å². The zero-order chi connectivity index (χ0) is 23.3. The number of hydrogen-bond donors (Lipinski definition) is 2. The molecule has 5 aromatic heterocycles. The first-order valence-corrected chi connectivity index (χ1v) is 10.4. The van der Waals surface area contributed by atoms with Crippen molar-refractivity contribution in [1.82, 2.24) is 45.2 Å². The first-order valence-electron chi connectivity index (χ1n) is 10.4. The van der Waals surface area contributed by atoms with Crippen LogP contribution in [0.1, 0.15) is 55.8 Å². The molecule has 168 valence electrons. The van der Waals surface area contributed by atoms with Crippen molar-refractivity contribution in [3.05, 3.63) is 42.1 Å². The number of aromatic nitrogens is 9. The Hall–Kier alpha value is -4.22. The summed E-state index contributed by atoms with van der Waals surface area (Å²) in [6.07, 6.45) is 4.66. The van der Waals surface area contributed by atoms with Gasteiger partial charge in [-0.2, -0.15) is 5.10 Å². The summed E-state index contributed by atoms with van der Waals surface area (Å²) in [5.41, 5.74) is 2.65. The highest BCUT2D eigenvalue weighted by atomic mass is 16.5. The summed E-state index contributed by atoms with van der Waals surface area (Å²) in [7, 11) is 1.76. The van der Waals surface area contributed by atoms with Crippen molar-refractivity contribution < 1.29 is 14.3 Å². The van der Waals surface area contributed by atoms with Gasteiger partial charge in [0.15, 0.2) is 22.6 Å². The maximum absolute atomic E-state index is 12.8. The average Bonchev–Trinajstić information content (AvgIpc) is 3.50. The molecule has 3 N–H and O–H groups in total. The van der Waals surface area contributed by atoms with Gasteiger partial charge in [0.1, 0.15) is 12.0 Å². The molecule has 0 saturated carbocycles. The van der Waals surface area contributed by atoms with Crippen LogP contribution in [0.25, 0.3) is 33.7 Å². The normalized spacial score (nSPS) is 13.0. The maximum Gasteiger partial charge on any atom is 0.303 e. The number of aromatic amines is 2. The van der Waals surface area contributed by atoms with Gasteiger partial charge in [0.2, 0.25) is 5.82 Å². The van der Waals surface area contributed by atoms with E-state index in [1.54, 1.807) is 37.1 Å². The maximum atomic E-state index is 12.8. The third-order valence-electron chi connectivity index (χ3n) is 5.27. The number of fused-ring (bicyclic) bond motifs is 2. The molecule has 5 rings (SSSR count). The monoisotopic (exact) mass is 447 g/mol. The molecule has 0 radical (unpaired) electrons. The molecule has 12 nitrogen and oxygen atoms in total. The predicted molar refractivity (Wildman–Crippen MR) is 117 cm³/mol. The lowest BCUT2D eigenvalue weighted by Gasteiger charge is -2.11. The van der Waals surface area contributed by atoms with Crippen molar-refractivity contribution in [2.75, 3.05) is 0 Å². The number of carbonyl (C=O) groups excluding carboxylic acids is 1. The van der Waals surface area contributed by atoms with Gasteiger partial charge < -0.3 is 9.84 Å². The van der Waals surface area contributed by atoms with Crippen LogP contribution in [0, 0.1) is 0 Å². The van der Waals surface area contributed by atoms with Crippen LogP contribution in [0.2, 0.25) is 0 Å². The molecule has 33 heavy (non-hydrogen) atoms. The number of carbonyl (C=O) groups is 1. The second-order valence-electron chi connectivity index (χ2n) is 8.87. The molecular formula is C21H23N10O2+. The first-order chi connectivity index (χ1) is 15.7. The molecule has 1 amide bonds. The van der Waals surface area contributed by atoms with E-state index in [0.29, 0.717) is 34.0 Å². The fourth-order valence-electron chi connectivity index (χ4n) is 3.43. The number of nitrogens with zero attached hydrogens (tertiary/aromatic N) is 7. The molecule has 0 saturated heterocycles. The van der Waals surface area contributed by atoms with Crippen LogP contribution in [-0.4, -0.2) is 45.8 Å². The van der Waals surface area contributed by atoms with Crippen LogP contribution in [-0.2, 0) is 12.5 Å². The quantitative estimate of drug-likeness (QED) is 0.423. The van der Waals surface area contributed by atoms with E-state index >= 15 is 0 Å². The number of hydrogen-bond acceptors (Lipinski definition) is 8. The molecule has 0 unspecified atom stereocenters. The lowest BCUT2D eigenvalue weighted by Crippen LogP contribution is -2.27. The largest absolute Gasteiger partial charge is 0.358 e. The molecule has 5 heterocycles. The van der Waals surface area contributed by atoms with Gasteiger partial charge in [0.25, 0.3) is 11.7 Å². The zero-order valence-electron chi connectivity index (χ0n) is 18.8. The van der Waals surface area contributed by atoms with E-state index < -0.39 is 6.04 Å². The first kappa shape index (κ1) is 20.7. The van der Waals surface area contributed by atoms with Crippen molar-refractivity contribution in [1.29, 1.82) is 0 Å². The summed E-state index contributed by atoms with van der Waals surface area (Å²) >= 11 is 0. The van der Waals surface area contributed by atoms with Gasteiger partial charge in [0.05, 0.1) is 23.8 Å². The second-order valence-corrected chi connectivity index (χ2v) is 8.87. The fourth-order valence-corrected chi connectivity index (χ4v) is 3.43. The molecule has 0 aromatic carbocycles. The molecule has 0 fully saturated rings. The highest BCUT2D eigenvalue weighted by molar-refractivity contribution is 6.03. The van der Waals surface area contributed by atoms with Crippen molar-refractivity contribution in [3.8, 4) is 11.5 Å². The van der Waals surface area contributed by atoms with Gasteiger partial charge in [0, 0.05) is 18.5 Å². The van der Waals surface area contributed by atoms with Crippen molar-refractivity contribution in [2.45, 2.75) is 39.2 Å². The lowest BCUT2D eigenvalue weighted by molar-refractivity contribution is -0.334. The number of H-pyrrole nitrogens is 2. The number of imidazole rings is 1. The highest BCUT2D eigenvalue weighted by Crippen LogP contribution is 2.23. The second kappa shape index (κ2) is 7.43. The minimum atomic E-state index is -0.447. The Kier molecular flexibility index (Phi) is 4.65. The summed E-state index contributed by atoms with van der Waals surface area (Å²) in [5, 5.41) is 11.7. The third kappa shape index (κ3) is 3.69. The minimum Gasteiger partial charge on any atom is -0.358 e. The Bertz CT molecular complexity index is 1490. The van der Waals surface area contributed by atoms with Crippen molar-refractivity contribution in [2.24, 2.45) is 7.05 Å². The SMILES string of the molecule is C[C@@H](NC(=O)c1ncnc2c1cnn2C)c1cc(-c2[nH]c3cnc(C(C)(C)C)nc3[nH+]2)no1. The molecule has 0 aliphatic carbocycles. The predicted octanol–water partition coefficient (Wildman–Crippen LogP) is 1.89. The van der Waals surface area contributed by atoms with E-state index in [4.69, 9.17) is 4.52 Å². The van der Waals surface area contributed by atoms with Gasteiger partial charge >= 0.3 is 5.65 Å². The van der Waals surface area contributed by atoms with E-state index in [1.807, 2.05) is 0 Å². The summed E-state index contributed by atoms with van der Waals surface area (Å²) in [6, 6.07) is 1.31. The minimum absolute atomic E-state index is 0.167. The zero-order valence-corrected chi connectivity index (χ0v) is 18.8. The van der Waals surface area contributed by atoms with Crippen molar-refractivity contribution >= 4 is 28.1 Å². The number of nitrogens with one attached hydrogen (secondary N) is 3. The molecule has 1 atom stereocenters. The van der Waals surface area contributed by atoms with Gasteiger partial charge in [-0.05, 0) is 6.92 Å². The van der Waals surface area contributed by atoms with E-state index in [9.17, 15) is 4.79 Å². The summed E-state index contributed by atoms with van der Waals surface area (Å²) in [4.78, 5) is 36.6. The van der Waals surface area contributed by atoms with Crippen LogP contribution in [0.15, 0.2) is 29.3 Å². The smallest absolute Gasteiger partial charge is 0.303 e. The average molecular weight is 447 g/mol. The summed E-state index contributed by atoms with van der Waals surface area (Å²) < 4.78 is 7.08. The fraction of sp³-hybridized carbons (Fsp3) is 0.333. The molecule has 0 aliphatic rings. The van der Waals surface area contributed by atoms with Gasteiger partial charge in [-0.25, -0.2) is 19.9 Å². The summed E-state index contributed by atoms with van der Waals surface area (Å²) in [5.74, 6) is 1.50. The van der Waals surface area contributed by atoms with Crippen LogP contribution in [0.3, 0.4) is 0 Å². The molecule has 5 aromatic rings. The molecule has 0 aliphatic heterocycles. The van der Waals surface area contributed by atoms with Crippen LogP contribution in [0.5, 0.6) is 0 Å². The standard InChI is InChI=1S/C21H22N10O2/c1-10(26-19(32)15-11-7-25-31(5)18(11)24-9-23-15)14-6-12(30-33-14)16-27-13-8-22-20(21(2,3)4)29-17(13)28-16/h6-10H,1-5H3,(H,26,32)(H,22,27,28,29)/p+1/t10-/m1/s1. The number of amides is 1. The van der Waals surface area contributed by atoms with Crippen LogP contribution in [0.4, 0.5) is 0 Å². The van der Waals surface area contributed by atoms with E-state index in [0.717, 1.165) is 11.3 Å². The number of aryl methyl sites for hydroxylation is 1. The van der Waals surface area contributed by atoms with E-state index in [-0.39, 0.29) is 17.0 Å². The molecule has 12 heteroatoms. The van der Waals surface area contributed by atoms with Gasteiger partial charge in [-0.15, -0.1) is 0 Å². The molecular weight excluding hydrogens is 424 g/mol. The highest BCUT2D eigenvalue weighted by Gasteiger charge is 2.25. The van der Waals surface area contributed by atoms with Crippen LogP contribution >= 0.6 is 0 Å². The topological polar surface area (TPSA) is 154 Å². The molecule has 0 bridgehead atoms. The Labute approximate surface area is 187 Å². The lowest BCUT2D eigenvalue weighted by atomic mass is 9.96. The van der Waals surface area contributed by atoms with E-state index in [2.05, 4.69) is 66.2 Å². The van der Waals surface area contributed by atoms with Crippen molar-refractivity contribution in [3.63, 3.8) is 0 Å². The summed E-state index contributed by atoms with van der Waals surface area (Å²) in [6.45, 7) is 7.98.